The molecule has 0 amide bonds. The van der Waals surface area contributed by atoms with E-state index >= 15 is 0 Å². The van der Waals surface area contributed by atoms with Gasteiger partial charge in [-0.05, 0) is 43.6 Å². The summed E-state index contributed by atoms with van der Waals surface area (Å²) in [6.07, 6.45) is 4.28. The van der Waals surface area contributed by atoms with E-state index in [1.807, 2.05) is 18.2 Å². The molecule has 0 aliphatic rings. The Kier molecular flexibility index (Phi) is 5.26. The molecule has 0 saturated heterocycles. The zero-order chi connectivity index (χ0) is 12.0. The highest BCUT2D eigenvalue weighted by atomic mass is 28.3. The molecule has 0 aliphatic carbocycles. The number of carbonyl (C=O) groups excluding carboxylic acids is 1. The van der Waals surface area contributed by atoms with Gasteiger partial charge in [0.15, 0.2) is 6.29 Å². The molecular formula is C13H19O2Si. The van der Waals surface area contributed by atoms with Crippen LogP contribution in [0.2, 0.25) is 13.1 Å². The van der Waals surface area contributed by atoms with Crippen LogP contribution in [-0.4, -0.2) is 15.3 Å². The van der Waals surface area contributed by atoms with E-state index in [9.17, 15) is 4.79 Å². The van der Waals surface area contributed by atoms with Crippen LogP contribution in [0.1, 0.15) is 35.7 Å². The van der Waals surface area contributed by atoms with Crippen molar-refractivity contribution in [3.63, 3.8) is 0 Å². The minimum absolute atomic E-state index is 0.659. The fraction of sp³-hybridized carbons (Fsp3) is 0.462. The van der Waals surface area contributed by atoms with Crippen molar-refractivity contribution in [2.45, 2.75) is 39.3 Å². The lowest BCUT2D eigenvalue weighted by Crippen LogP contribution is -2.12. The van der Waals surface area contributed by atoms with Crippen LogP contribution in [0.25, 0.3) is 0 Å². The second kappa shape index (κ2) is 6.48. The van der Waals surface area contributed by atoms with Crippen LogP contribution in [0.4, 0.5) is 0 Å². The lowest BCUT2D eigenvalue weighted by Gasteiger charge is -2.12. The molecule has 0 N–H and O–H groups in total. The predicted molar refractivity (Wildman–Crippen MR) is 68.6 cm³/mol. The average Bonchev–Trinajstić information content (AvgIpc) is 2.26. The number of unbranched alkanes of at least 4 members (excludes halogenated alkanes) is 1. The minimum Gasteiger partial charge on any atom is -0.542 e. The summed E-state index contributed by atoms with van der Waals surface area (Å²) in [5.41, 5.74) is 1.91. The number of rotatable bonds is 6. The molecular weight excluding hydrogens is 216 g/mol. The monoisotopic (exact) mass is 235 g/mol. The van der Waals surface area contributed by atoms with Crippen molar-refractivity contribution in [3.05, 3.63) is 29.3 Å². The first-order chi connectivity index (χ1) is 7.67. The van der Waals surface area contributed by atoms with Crippen molar-refractivity contribution in [2.24, 2.45) is 0 Å². The molecule has 0 spiro atoms. The third kappa shape index (κ3) is 3.81. The topological polar surface area (TPSA) is 26.3 Å². The van der Waals surface area contributed by atoms with Crippen molar-refractivity contribution in [1.29, 1.82) is 0 Å². The van der Waals surface area contributed by atoms with E-state index in [0.29, 0.717) is 5.56 Å². The number of hydrogen-bond donors (Lipinski definition) is 0. The Labute approximate surface area is 99.4 Å². The second-order valence-corrected chi connectivity index (χ2v) is 6.12. The maximum absolute atomic E-state index is 10.9. The molecule has 0 aliphatic heterocycles. The van der Waals surface area contributed by atoms with Gasteiger partial charge in [0.1, 0.15) is 5.75 Å². The molecule has 16 heavy (non-hydrogen) atoms. The van der Waals surface area contributed by atoms with E-state index in [4.69, 9.17) is 4.43 Å². The van der Waals surface area contributed by atoms with Crippen molar-refractivity contribution in [1.82, 2.24) is 0 Å². The maximum atomic E-state index is 10.9. The van der Waals surface area contributed by atoms with Gasteiger partial charge in [-0.3, -0.25) is 4.79 Å². The highest BCUT2D eigenvalue weighted by Crippen LogP contribution is 2.21. The molecule has 1 rings (SSSR count). The minimum atomic E-state index is -0.814. The molecule has 0 fully saturated rings. The summed E-state index contributed by atoms with van der Waals surface area (Å²) >= 11 is 0. The van der Waals surface area contributed by atoms with Crippen LogP contribution in [0.3, 0.4) is 0 Å². The van der Waals surface area contributed by atoms with Gasteiger partial charge in [-0.2, -0.15) is 0 Å². The van der Waals surface area contributed by atoms with Crippen molar-refractivity contribution in [3.8, 4) is 5.75 Å². The van der Waals surface area contributed by atoms with Crippen LogP contribution in [-0.2, 0) is 6.42 Å². The Morgan fingerprint density at radius 2 is 2.12 bits per heavy atom. The zero-order valence-electron chi connectivity index (χ0n) is 10.2. The van der Waals surface area contributed by atoms with Crippen LogP contribution < -0.4 is 4.43 Å². The van der Waals surface area contributed by atoms with Gasteiger partial charge < -0.3 is 4.43 Å². The van der Waals surface area contributed by atoms with Gasteiger partial charge in [0.25, 0.3) is 9.04 Å². The summed E-state index contributed by atoms with van der Waals surface area (Å²) in [6.45, 7) is 6.31. The molecule has 0 bridgehead atoms. The van der Waals surface area contributed by atoms with Crippen molar-refractivity contribution in [2.75, 3.05) is 0 Å². The average molecular weight is 235 g/mol. The Morgan fingerprint density at radius 1 is 1.38 bits per heavy atom. The second-order valence-electron chi connectivity index (χ2n) is 4.10. The number of carbonyl (C=O) groups is 1. The van der Waals surface area contributed by atoms with E-state index in [1.54, 1.807) is 0 Å². The lowest BCUT2D eigenvalue weighted by atomic mass is 10.1. The molecule has 0 atom stereocenters. The highest BCUT2D eigenvalue weighted by Gasteiger charge is 2.07. The fourth-order valence-corrected chi connectivity index (χ4v) is 2.14. The first kappa shape index (κ1) is 13.0. The Balaban J connectivity index is 2.87. The standard InChI is InChI=1S/C13H19O2Si/c1-4-5-6-11-7-8-12(10-14)13(9-11)15-16(2)3/h7-10H,4-6H2,1-3H3. The number of aldehydes is 1. The molecule has 3 heteroatoms. The normalized spacial score (nSPS) is 10.5. The predicted octanol–water partition coefficient (Wildman–Crippen LogP) is 3.47. The van der Waals surface area contributed by atoms with Gasteiger partial charge in [0.2, 0.25) is 0 Å². The molecule has 0 saturated carbocycles. The lowest BCUT2D eigenvalue weighted by molar-refractivity contribution is 0.112. The Hall–Kier alpha value is -1.09. The number of hydrogen-bond acceptors (Lipinski definition) is 2. The first-order valence-electron chi connectivity index (χ1n) is 5.73. The van der Waals surface area contributed by atoms with E-state index < -0.39 is 9.04 Å². The van der Waals surface area contributed by atoms with Gasteiger partial charge >= 0.3 is 0 Å². The Morgan fingerprint density at radius 3 is 2.69 bits per heavy atom. The quantitative estimate of drug-likeness (QED) is 0.557. The zero-order valence-corrected chi connectivity index (χ0v) is 11.2. The Bertz CT molecular complexity index is 348. The van der Waals surface area contributed by atoms with Gasteiger partial charge in [0, 0.05) is 0 Å². The first-order valence-corrected chi connectivity index (χ1v) is 8.14. The largest absolute Gasteiger partial charge is 0.542 e. The third-order valence-electron chi connectivity index (χ3n) is 2.34. The van der Waals surface area contributed by atoms with Gasteiger partial charge in [-0.1, -0.05) is 19.4 Å². The number of benzene rings is 1. The molecule has 1 aromatic rings. The summed E-state index contributed by atoms with van der Waals surface area (Å²) in [7, 11) is -0.814. The molecule has 2 nitrogen and oxygen atoms in total. The van der Waals surface area contributed by atoms with Crippen LogP contribution in [0.15, 0.2) is 18.2 Å². The van der Waals surface area contributed by atoms with Gasteiger partial charge in [-0.25, -0.2) is 0 Å². The molecule has 0 heterocycles. The summed E-state index contributed by atoms with van der Waals surface area (Å²) < 4.78 is 5.73. The SMILES string of the molecule is CCCCc1ccc(C=O)c(O[Si](C)C)c1. The van der Waals surface area contributed by atoms with Crippen molar-refractivity contribution >= 4 is 15.3 Å². The van der Waals surface area contributed by atoms with Gasteiger partial charge in [-0.15, -0.1) is 0 Å². The molecule has 1 aromatic carbocycles. The molecule has 0 aromatic heterocycles. The van der Waals surface area contributed by atoms with Gasteiger partial charge in [0.05, 0.1) is 5.56 Å². The summed E-state index contributed by atoms with van der Waals surface area (Å²) in [5.74, 6) is 0.752. The molecule has 0 unspecified atom stereocenters. The van der Waals surface area contributed by atoms with Crippen LogP contribution >= 0.6 is 0 Å². The van der Waals surface area contributed by atoms with E-state index in [1.165, 1.54) is 18.4 Å². The van der Waals surface area contributed by atoms with E-state index in [-0.39, 0.29) is 0 Å². The van der Waals surface area contributed by atoms with Crippen molar-refractivity contribution < 1.29 is 9.22 Å². The highest BCUT2D eigenvalue weighted by molar-refractivity contribution is 6.49. The number of aryl methyl sites for hydroxylation is 1. The smallest absolute Gasteiger partial charge is 0.274 e. The van der Waals surface area contributed by atoms with E-state index in [2.05, 4.69) is 20.0 Å². The van der Waals surface area contributed by atoms with E-state index in [0.717, 1.165) is 18.5 Å². The summed E-state index contributed by atoms with van der Waals surface area (Å²) in [4.78, 5) is 10.9. The maximum Gasteiger partial charge on any atom is 0.274 e. The third-order valence-corrected chi connectivity index (χ3v) is 2.97. The molecule has 1 radical (unpaired) electrons. The van der Waals surface area contributed by atoms with Crippen LogP contribution in [0.5, 0.6) is 5.75 Å². The molecule has 87 valence electrons. The summed E-state index contributed by atoms with van der Waals surface area (Å²) in [5, 5.41) is 0. The fourth-order valence-electron chi connectivity index (χ4n) is 1.52. The summed E-state index contributed by atoms with van der Waals surface area (Å²) in [6, 6.07) is 5.89. The van der Waals surface area contributed by atoms with Crippen LogP contribution in [0, 0.1) is 0 Å².